The van der Waals surface area contributed by atoms with Crippen LogP contribution in [0.2, 0.25) is 5.02 Å². The van der Waals surface area contributed by atoms with E-state index >= 15 is 0 Å². The third kappa shape index (κ3) is 7.38. The van der Waals surface area contributed by atoms with Crippen LogP contribution >= 0.6 is 36.4 Å². The van der Waals surface area contributed by atoms with Gasteiger partial charge in [-0.15, -0.1) is 24.8 Å². The molecule has 0 radical (unpaired) electrons. The molecule has 1 aliphatic rings. The zero-order valence-corrected chi connectivity index (χ0v) is 16.9. The van der Waals surface area contributed by atoms with Gasteiger partial charge in [0.2, 0.25) is 10.0 Å². The van der Waals surface area contributed by atoms with Crippen molar-refractivity contribution in [3.05, 3.63) is 28.8 Å². The second-order valence-corrected chi connectivity index (χ2v) is 7.63. The van der Waals surface area contributed by atoms with Crippen LogP contribution in [0.15, 0.2) is 23.1 Å². The third-order valence-electron chi connectivity index (χ3n) is 3.70. The topological polar surface area (TPSA) is 61.4 Å². The molecule has 1 aromatic carbocycles. The number of piperazine rings is 1. The molecule has 2 N–H and O–H groups in total. The molecule has 1 saturated heterocycles. The molecule has 0 aliphatic carbocycles. The molecule has 0 amide bonds. The normalized spacial score (nSPS) is 15.8. The van der Waals surface area contributed by atoms with Crippen molar-refractivity contribution in [1.82, 2.24) is 14.9 Å². The van der Waals surface area contributed by atoms with Crippen molar-refractivity contribution >= 4 is 46.4 Å². The van der Waals surface area contributed by atoms with Crippen LogP contribution in [0.5, 0.6) is 0 Å². The maximum absolute atomic E-state index is 12.7. The molecule has 1 heterocycles. The van der Waals surface area contributed by atoms with E-state index in [-0.39, 0.29) is 36.4 Å². The number of sulfonamides is 1. The Morgan fingerprint density at radius 2 is 1.81 bits per heavy atom. The molecule has 0 unspecified atom stereocenters. The molecule has 1 aromatic rings. The van der Waals surface area contributed by atoms with Crippen LogP contribution in [0, 0.1) is 0 Å². The maximum Gasteiger partial charge on any atom is 0.416 e. The van der Waals surface area contributed by atoms with E-state index in [1.807, 2.05) is 0 Å². The van der Waals surface area contributed by atoms with Crippen LogP contribution in [0.3, 0.4) is 0 Å². The molecule has 26 heavy (non-hydrogen) atoms. The van der Waals surface area contributed by atoms with E-state index in [9.17, 15) is 21.6 Å². The standard InChI is InChI=1S/C14H19ClF3N3O2S.2ClH/c15-12-3-2-11(14(16,17)18)10-13(12)24(22,23)20-4-1-7-21-8-5-19-6-9-21;;/h2-3,10,19-20H,1,4-9H2;2*1H. The van der Waals surface area contributed by atoms with Gasteiger partial charge in [0.1, 0.15) is 4.90 Å². The fraction of sp³-hybridized carbons (Fsp3) is 0.571. The van der Waals surface area contributed by atoms with E-state index in [1.54, 1.807) is 0 Å². The largest absolute Gasteiger partial charge is 0.416 e. The Bertz CT molecular complexity index is 669. The Morgan fingerprint density at radius 3 is 2.38 bits per heavy atom. The van der Waals surface area contributed by atoms with Gasteiger partial charge in [0.25, 0.3) is 0 Å². The highest BCUT2D eigenvalue weighted by atomic mass is 35.5. The van der Waals surface area contributed by atoms with Gasteiger partial charge in [-0.2, -0.15) is 13.2 Å². The molecule has 1 fully saturated rings. The number of rotatable bonds is 6. The first-order valence-electron chi connectivity index (χ1n) is 7.49. The van der Waals surface area contributed by atoms with Crippen molar-refractivity contribution in [2.24, 2.45) is 0 Å². The summed E-state index contributed by atoms with van der Waals surface area (Å²) in [5.41, 5.74) is -1.05. The quantitative estimate of drug-likeness (QED) is 0.644. The number of benzene rings is 1. The number of nitrogens with one attached hydrogen (secondary N) is 2. The molecule has 12 heteroatoms. The highest BCUT2D eigenvalue weighted by Crippen LogP contribution is 2.33. The Morgan fingerprint density at radius 1 is 1.19 bits per heavy atom. The van der Waals surface area contributed by atoms with Gasteiger partial charge in [0.15, 0.2) is 0 Å². The van der Waals surface area contributed by atoms with Crippen molar-refractivity contribution in [2.75, 3.05) is 39.3 Å². The second kappa shape index (κ2) is 10.9. The molecule has 0 atom stereocenters. The molecule has 0 spiro atoms. The van der Waals surface area contributed by atoms with Crippen molar-refractivity contribution in [2.45, 2.75) is 17.5 Å². The minimum Gasteiger partial charge on any atom is -0.314 e. The van der Waals surface area contributed by atoms with Gasteiger partial charge in [-0.25, -0.2) is 13.1 Å². The van der Waals surface area contributed by atoms with Crippen LogP contribution in [-0.4, -0.2) is 52.6 Å². The summed E-state index contributed by atoms with van der Waals surface area (Å²) >= 11 is 5.76. The Kier molecular flexibility index (Phi) is 10.8. The first kappa shape index (κ1) is 25.7. The third-order valence-corrected chi connectivity index (χ3v) is 5.64. The van der Waals surface area contributed by atoms with Crippen LogP contribution in [0.25, 0.3) is 0 Å². The number of halogens is 6. The summed E-state index contributed by atoms with van der Waals surface area (Å²) in [6.45, 7) is 4.44. The summed E-state index contributed by atoms with van der Waals surface area (Å²) in [6.07, 6.45) is -4.06. The predicted octanol–water partition coefficient (Wildman–Crippen LogP) is 2.78. The smallest absolute Gasteiger partial charge is 0.314 e. The van der Waals surface area contributed by atoms with Gasteiger partial charge in [-0.3, -0.25) is 0 Å². The molecule has 2 rings (SSSR count). The lowest BCUT2D eigenvalue weighted by molar-refractivity contribution is -0.137. The van der Waals surface area contributed by atoms with E-state index in [2.05, 4.69) is 14.9 Å². The van der Waals surface area contributed by atoms with E-state index in [4.69, 9.17) is 11.6 Å². The number of hydrogen-bond donors (Lipinski definition) is 2. The lowest BCUT2D eigenvalue weighted by Gasteiger charge is -2.27. The number of hydrogen-bond acceptors (Lipinski definition) is 4. The average molecular weight is 459 g/mol. The summed E-state index contributed by atoms with van der Waals surface area (Å²) in [5.74, 6) is 0. The molecular weight excluding hydrogens is 438 g/mol. The van der Waals surface area contributed by atoms with Crippen molar-refractivity contribution in [3.63, 3.8) is 0 Å². The molecule has 0 aromatic heterocycles. The fourth-order valence-corrected chi connectivity index (χ4v) is 4.01. The highest BCUT2D eigenvalue weighted by Gasteiger charge is 2.32. The molecule has 152 valence electrons. The average Bonchev–Trinajstić information content (AvgIpc) is 2.52. The van der Waals surface area contributed by atoms with Crippen molar-refractivity contribution < 1.29 is 21.6 Å². The van der Waals surface area contributed by atoms with Crippen LogP contribution < -0.4 is 10.0 Å². The fourth-order valence-electron chi connectivity index (χ4n) is 2.41. The molecule has 5 nitrogen and oxygen atoms in total. The van der Waals surface area contributed by atoms with Gasteiger partial charge < -0.3 is 10.2 Å². The maximum atomic E-state index is 12.7. The Hall–Kier alpha value is -0.290. The summed E-state index contributed by atoms with van der Waals surface area (Å²) in [6, 6.07) is 2.26. The van der Waals surface area contributed by atoms with Crippen LogP contribution in [-0.2, 0) is 16.2 Å². The van der Waals surface area contributed by atoms with Crippen LogP contribution in [0.4, 0.5) is 13.2 Å². The summed E-state index contributed by atoms with van der Waals surface area (Å²) in [5, 5.41) is 2.98. The first-order chi connectivity index (χ1) is 11.2. The molecule has 1 aliphatic heterocycles. The minimum atomic E-state index is -4.63. The summed E-state index contributed by atoms with van der Waals surface area (Å²) < 4.78 is 64.9. The highest BCUT2D eigenvalue weighted by molar-refractivity contribution is 7.89. The zero-order valence-electron chi connectivity index (χ0n) is 13.7. The zero-order chi connectivity index (χ0) is 17.8. The predicted molar refractivity (Wildman–Crippen MR) is 100 cm³/mol. The van der Waals surface area contributed by atoms with Gasteiger partial charge in [-0.1, -0.05) is 11.6 Å². The minimum absolute atomic E-state index is 0. The van der Waals surface area contributed by atoms with Gasteiger partial charge in [-0.05, 0) is 31.2 Å². The van der Waals surface area contributed by atoms with E-state index < -0.39 is 26.7 Å². The monoisotopic (exact) mass is 457 g/mol. The van der Waals surface area contributed by atoms with E-state index in [0.29, 0.717) is 12.5 Å². The number of nitrogens with zero attached hydrogens (tertiary/aromatic N) is 1. The SMILES string of the molecule is Cl.Cl.O=S(=O)(NCCCN1CCNCC1)c1cc(C(F)(F)F)ccc1Cl. The van der Waals surface area contributed by atoms with Crippen LogP contribution in [0.1, 0.15) is 12.0 Å². The number of alkyl halides is 3. The summed E-state index contributed by atoms with van der Waals surface area (Å²) in [4.78, 5) is 1.64. The van der Waals surface area contributed by atoms with Gasteiger partial charge >= 0.3 is 6.18 Å². The lowest BCUT2D eigenvalue weighted by Crippen LogP contribution is -2.44. The summed E-state index contributed by atoms with van der Waals surface area (Å²) in [7, 11) is -4.09. The van der Waals surface area contributed by atoms with Crippen molar-refractivity contribution in [1.29, 1.82) is 0 Å². The lowest BCUT2D eigenvalue weighted by atomic mass is 10.2. The molecular formula is C14H21Cl3F3N3O2S. The Labute approximate surface area is 168 Å². The molecule has 0 bridgehead atoms. The van der Waals surface area contributed by atoms with Gasteiger partial charge in [0.05, 0.1) is 10.6 Å². The van der Waals surface area contributed by atoms with E-state index in [0.717, 1.165) is 44.9 Å². The first-order valence-corrected chi connectivity index (χ1v) is 9.36. The van der Waals surface area contributed by atoms with Gasteiger partial charge in [0, 0.05) is 32.7 Å². The van der Waals surface area contributed by atoms with Crippen molar-refractivity contribution in [3.8, 4) is 0 Å². The second-order valence-electron chi connectivity index (χ2n) is 5.49. The van der Waals surface area contributed by atoms with E-state index in [1.165, 1.54) is 0 Å². The molecule has 0 saturated carbocycles. The Balaban J connectivity index is 0.00000312.